The lowest BCUT2D eigenvalue weighted by Gasteiger charge is -2.26. The van der Waals surface area contributed by atoms with Gasteiger partial charge in [0.25, 0.3) is 0 Å². The minimum Gasteiger partial charge on any atom is -0.374 e. The van der Waals surface area contributed by atoms with E-state index in [9.17, 15) is 4.79 Å². The van der Waals surface area contributed by atoms with E-state index in [4.69, 9.17) is 10.5 Å². The van der Waals surface area contributed by atoms with Crippen molar-refractivity contribution in [3.05, 3.63) is 29.8 Å². The average Bonchev–Trinajstić information content (AvgIpc) is 2.45. The smallest absolute Gasteiger partial charge is 0.239 e. The van der Waals surface area contributed by atoms with E-state index < -0.39 is 0 Å². The summed E-state index contributed by atoms with van der Waals surface area (Å²) < 4.78 is 6.03. The number of primary amides is 1. The van der Waals surface area contributed by atoms with Crippen LogP contribution in [0.4, 0.5) is 5.69 Å². The zero-order chi connectivity index (χ0) is 15.2. The molecule has 1 amide bonds. The summed E-state index contributed by atoms with van der Waals surface area (Å²) in [6, 6.07) is 7.60. The first-order valence-electron chi connectivity index (χ1n) is 7.81. The van der Waals surface area contributed by atoms with E-state index in [2.05, 4.69) is 12.2 Å². The molecule has 3 atom stereocenters. The Morgan fingerprint density at radius 1 is 1.48 bits per heavy atom. The molecule has 1 aromatic rings. The number of nitrogens with two attached hydrogens (primary N) is 1. The van der Waals surface area contributed by atoms with Crippen LogP contribution in [-0.4, -0.2) is 18.1 Å². The van der Waals surface area contributed by atoms with Crippen LogP contribution in [0.5, 0.6) is 0 Å². The molecular weight excluding hydrogens is 264 g/mol. The van der Waals surface area contributed by atoms with Gasteiger partial charge in [-0.25, -0.2) is 0 Å². The topological polar surface area (TPSA) is 64.3 Å². The monoisotopic (exact) mass is 290 g/mol. The van der Waals surface area contributed by atoms with E-state index in [1.807, 2.05) is 24.3 Å². The predicted molar refractivity (Wildman–Crippen MR) is 84.9 cm³/mol. The molecule has 0 aliphatic heterocycles. The second kappa shape index (κ2) is 7.46. The maximum absolute atomic E-state index is 11.1. The van der Waals surface area contributed by atoms with Crippen molar-refractivity contribution in [1.29, 1.82) is 0 Å². The number of carbonyl (C=O) groups excluding carboxylic acids is 1. The molecule has 0 radical (unpaired) electrons. The highest BCUT2D eigenvalue weighted by Crippen LogP contribution is 2.26. The summed E-state index contributed by atoms with van der Waals surface area (Å²) in [7, 11) is 0. The molecule has 1 fully saturated rings. The Hall–Kier alpha value is -1.55. The first-order valence-corrected chi connectivity index (χ1v) is 7.81. The number of anilines is 1. The summed E-state index contributed by atoms with van der Waals surface area (Å²) in [5.41, 5.74) is 7.29. The summed E-state index contributed by atoms with van der Waals surface area (Å²) in [6.45, 7) is 4.68. The van der Waals surface area contributed by atoms with Crippen molar-refractivity contribution in [2.24, 2.45) is 11.7 Å². The van der Waals surface area contributed by atoms with Crippen molar-refractivity contribution >= 4 is 11.6 Å². The summed E-state index contributed by atoms with van der Waals surface area (Å²) in [5, 5.41) is 3.10. The number of ether oxygens (including phenoxy) is 1. The van der Waals surface area contributed by atoms with Crippen LogP contribution < -0.4 is 11.1 Å². The summed E-state index contributed by atoms with van der Waals surface area (Å²) in [6.07, 6.45) is 5.31. The standard InChI is InChI=1S/C17H26N2O2/c1-12-5-3-8-16(9-12)21-11-14-6-4-7-15(10-14)19-13(2)17(18)20/h4,6-7,10,12-13,16,19H,3,5,8-9,11H2,1-2H3,(H2,18,20)/t12-,13+,16+/m1/s1. The first kappa shape index (κ1) is 15.8. The van der Waals surface area contributed by atoms with Crippen molar-refractivity contribution in [3.63, 3.8) is 0 Å². The molecule has 0 heterocycles. The first-order chi connectivity index (χ1) is 10.0. The van der Waals surface area contributed by atoms with Crippen LogP contribution in [-0.2, 0) is 16.1 Å². The van der Waals surface area contributed by atoms with Gasteiger partial charge in [-0.1, -0.05) is 31.9 Å². The quantitative estimate of drug-likeness (QED) is 0.846. The van der Waals surface area contributed by atoms with Crippen LogP contribution in [0.3, 0.4) is 0 Å². The molecule has 4 nitrogen and oxygen atoms in total. The minimum absolute atomic E-state index is 0.354. The summed E-state index contributed by atoms with van der Waals surface area (Å²) >= 11 is 0. The van der Waals surface area contributed by atoms with E-state index >= 15 is 0 Å². The molecule has 2 rings (SSSR count). The third kappa shape index (κ3) is 5.05. The van der Waals surface area contributed by atoms with Gasteiger partial charge in [-0.05, 0) is 43.4 Å². The Morgan fingerprint density at radius 3 is 3.00 bits per heavy atom. The number of carbonyl (C=O) groups is 1. The van der Waals surface area contributed by atoms with Gasteiger partial charge in [0.2, 0.25) is 5.91 Å². The van der Waals surface area contributed by atoms with Gasteiger partial charge >= 0.3 is 0 Å². The van der Waals surface area contributed by atoms with Gasteiger partial charge in [-0.2, -0.15) is 0 Å². The highest BCUT2D eigenvalue weighted by molar-refractivity contribution is 5.82. The third-order valence-corrected chi connectivity index (χ3v) is 4.11. The summed E-state index contributed by atoms with van der Waals surface area (Å²) in [5.74, 6) is 0.418. The van der Waals surface area contributed by atoms with Crippen LogP contribution in [0.15, 0.2) is 24.3 Å². The lowest BCUT2D eigenvalue weighted by molar-refractivity contribution is -0.118. The molecular formula is C17H26N2O2. The number of hydrogen-bond acceptors (Lipinski definition) is 3. The van der Waals surface area contributed by atoms with Crippen molar-refractivity contribution in [2.75, 3.05) is 5.32 Å². The lowest BCUT2D eigenvalue weighted by atomic mass is 9.89. The van der Waals surface area contributed by atoms with Crippen LogP contribution >= 0.6 is 0 Å². The lowest BCUT2D eigenvalue weighted by Crippen LogP contribution is -2.32. The fourth-order valence-electron chi connectivity index (χ4n) is 2.82. The third-order valence-electron chi connectivity index (χ3n) is 4.11. The van der Waals surface area contributed by atoms with E-state index in [0.717, 1.165) is 23.6 Å². The molecule has 116 valence electrons. The molecule has 4 heteroatoms. The fraction of sp³-hybridized carbons (Fsp3) is 0.588. The molecule has 1 aromatic carbocycles. The zero-order valence-corrected chi connectivity index (χ0v) is 13.0. The van der Waals surface area contributed by atoms with Crippen LogP contribution in [0, 0.1) is 5.92 Å². The van der Waals surface area contributed by atoms with Gasteiger partial charge in [-0.15, -0.1) is 0 Å². The van der Waals surface area contributed by atoms with Crippen molar-refractivity contribution in [3.8, 4) is 0 Å². The molecule has 1 aliphatic rings. The van der Waals surface area contributed by atoms with Gasteiger partial charge < -0.3 is 15.8 Å². The second-order valence-corrected chi connectivity index (χ2v) is 6.17. The maximum atomic E-state index is 11.1. The highest BCUT2D eigenvalue weighted by atomic mass is 16.5. The Bertz CT molecular complexity index is 476. The Morgan fingerprint density at radius 2 is 2.29 bits per heavy atom. The SMILES string of the molecule is C[C@@H]1CCC[C@H](OCc2cccc(N[C@@H](C)C(N)=O)c2)C1. The van der Waals surface area contributed by atoms with Crippen molar-refractivity contribution in [1.82, 2.24) is 0 Å². The molecule has 1 aliphatic carbocycles. The van der Waals surface area contributed by atoms with E-state index in [1.165, 1.54) is 19.3 Å². The van der Waals surface area contributed by atoms with E-state index in [1.54, 1.807) is 6.92 Å². The second-order valence-electron chi connectivity index (χ2n) is 6.17. The molecule has 1 saturated carbocycles. The number of amides is 1. The number of nitrogens with one attached hydrogen (secondary N) is 1. The molecule has 0 bridgehead atoms. The number of rotatable bonds is 6. The number of hydrogen-bond donors (Lipinski definition) is 2. The van der Waals surface area contributed by atoms with E-state index in [-0.39, 0.29) is 11.9 Å². The van der Waals surface area contributed by atoms with E-state index in [0.29, 0.717) is 12.7 Å². The number of benzene rings is 1. The molecule has 0 unspecified atom stereocenters. The Balaban J connectivity index is 1.87. The molecule has 0 aromatic heterocycles. The molecule has 3 N–H and O–H groups in total. The van der Waals surface area contributed by atoms with Gasteiger partial charge in [0.05, 0.1) is 12.7 Å². The minimum atomic E-state index is -0.375. The largest absolute Gasteiger partial charge is 0.374 e. The van der Waals surface area contributed by atoms with Gasteiger partial charge in [0.1, 0.15) is 6.04 Å². The van der Waals surface area contributed by atoms with Crippen LogP contribution in [0.2, 0.25) is 0 Å². The Kier molecular flexibility index (Phi) is 5.62. The molecule has 0 saturated heterocycles. The molecule has 0 spiro atoms. The molecule has 21 heavy (non-hydrogen) atoms. The van der Waals surface area contributed by atoms with Crippen LogP contribution in [0.25, 0.3) is 0 Å². The van der Waals surface area contributed by atoms with Crippen molar-refractivity contribution < 1.29 is 9.53 Å². The highest BCUT2D eigenvalue weighted by Gasteiger charge is 2.19. The average molecular weight is 290 g/mol. The van der Waals surface area contributed by atoms with Crippen LogP contribution in [0.1, 0.15) is 45.1 Å². The Labute approximate surface area is 127 Å². The van der Waals surface area contributed by atoms with Gasteiger partial charge in [0, 0.05) is 5.69 Å². The fourth-order valence-corrected chi connectivity index (χ4v) is 2.82. The maximum Gasteiger partial charge on any atom is 0.239 e. The normalized spacial score (nSPS) is 23.5. The van der Waals surface area contributed by atoms with Crippen molar-refractivity contribution in [2.45, 2.75) is 58.3 Å². The zero-order valence-electron chi connectivity index (χ0n) is 13.0. The van der Waals surface area contributed by atoms with Gasteiger partial charge in [0.15, 0.2) is 0 Å². The van der Waals surface area contributed by atoms with Gasteiger partial charge in [-0.3, -0.25) is 4.79 Å². The summed E-state index contributed by atoms with van der Waals surface area (Å²) in [4.78, 5) is 11.1. The predicted octanol–water partition coefficient (Wildman–Crippen LogP) is 3.07.